The average Bonchev–Trinajstić information content (AvgIpc) is 2.60. The summed E-state index contributed by atoms with van der Waals surface area (Å²) in [5, 5.41) is 21.9. The number of halogens is 1. The maximum atomic E-state index is 12.3. The van der Waals surface area contributed by atoms with Gasteiger partial charge in [0.15, 0.2) is 5.78 Å². The predicted octanol–water partition coefficient (Wildman–Crippen LogP) is 2.60. The molecule has 25 heavy (non-hydrogen) atoms. The quantitative estimate of drug-likeness (QED) is 0.338. The second-order valence-corrected chi connectivity index (χ2v) is 5.98. The fourth-order valence-electron chi connectivity index (χ4n) is 2.40. The number of nitrogens with two attached hydrogens (primary N) is 1. The van der Waals surface area contributed by atoms with E-state index in [2.05, 4.69) is 0 Å². The van der Waals surface area contributed by atoms with E-state index < -0.39 is 23.0 Å². The molecule has 0 radical (unpaired) electrons. The number of rotatable bonds is 7. The largest absolute Gasteiger partial charge is 0.389 e. The maximum absolute atomic E-state index is 12.3. The van der Waals surface area contributed by atoms with Gasteiger partial charge in [0.25, 0.3) is 5.69 Å². The highest BCUT2D eigenvalue weighted by molar-refractivity contribution is 6.30. The number of para-hydroxylation sites is 1. The molecule has 2 atom stereocenters. The Morgan fingerprint density at radius 3 is 2.48 bits per heavy atom. The highest BCUT2D eigenvalue weighted by atomic mass is 35.5. The van der Waals surface area contributed by atoms with Gasteiger partial charge in [0.05, 0.1) is 16.6 Å². The lowest BCUT2D eigenvalue weighted by Gasteiger charge is -2.30. The van der Waals surface area contributed by atoms with Gasteiger partial charge in [-0.3, -0.25) is 14.9 Å². The van der Waals surface area contributed by atoms with Gasteiger partial charge in [-0.1, -0.05) is 23.7 Å². The third-order valence-electron chi connectivity index (χ3n) is 3.87. The summed E-state index contributed by atoms with van der Waals surface area (Å²) in [6.45, 7) is 0. The Morgan fingerprint density at radius 2 is 1.88 bits per heavy atom. The monoisotopic (exact) mass is 363 g/mol. The molecule has 7 nitrogen and oxygen atoms in total. The Balaban J connectivity index is 2.10. The first-order valence-electron chi connectivity index (χ1n) is 7.50. The summed E-state index contributed by atoms with van der Waals surface area (Å²) in [5.41, 5.74) is 6.39. The molecule has 0 fully saturated rings. The zero-order valence-corrected chi connectivity index (χ0v) is 14.3. The topological polar surface area (TPSA) is 110 Å². The molecule has 2 aromatic rings. The lowest BCUT2D eigenvalue weighted by atomic mass is 10.0. The number of anilines is 1. The third-order valence-corrected chi connectivity index (χ3v) is 4.12. The number of likely N-dealkylation sites (N-methyl/N-ethyl adjacent to an activating group) is 1. The molecule has 0 spiro atoms. The molecule has 0 aliphatic carbocycles. The second-order valence-electron chi connectivity index (χ2n) is 5.55. The number of benzene rings is 2. The summed E-state index contributed by atoms with van der Waals surface area (Å²) in [4.78, 5) is 24.3. The van der Waals surface area contributed by atoms with E-state index in [4.69, 9.17) is 17.3 Å². The minimum atomic E-state index is -1.20. The second kappa shape index (κ2) is 8.06. The molecule has 0 aromatic heterocycles. The van der Waals surface area contributed by atoms with Crippen molar-refractivity contribution in [2.75, 3.05) is 11.9 Å². The van der Waals surface area contributed by atoms with E-state index in [9.17, 15) is 20.0 Å². The van der Waals surface area contributed by atoms with Gasteiger partial charge in [-0.05, 0) is 30.3 Å². The number of carbonyl (C=O) groups excluding carboxylic acids is 1. The number of nitro benzene ring substituents is 1. The number of hydrogen-bond donors (Lipinski definition) is 2. The minimum Gasteiger partial charge on any atom is -0.389 e. The Labute approximate surface area is 149 Å². The van der Waals surface area contributed by atoms with Crippen LogP contribution in [0.15, 0.2) is 48.5 Å². The van der Waals surface area contributed by atoms with Crippen LogP contribution in [0.25, 0.3) is 0 Å². The summed E-state index contributed by atoms with van der Waals surface area (Å²) in [7, 11) is 1.67. The van der Waals surface area contributed by atoms with Gasteiger partial charge >= 0.3 is 0 Å². The van der Waals surface area contributed by atoms with Crippen LogP contribution in [0.2, 0.25) is 5.02 Å². The molecule has 0 aliphatic rings. The highest BCUT2D eigenvalue weighted by Gasteiger charge is 2.26. The van der Waals surface area contributed by atoms with E-state index in [-0.39, 0.29) is 17.7 Å². The van der Waals surface area contributed by atoms with E-state index in [0.717, 1.165) is 0 Å². The van der Waals surface area contributed by atoms with Gasteiger partial charge in [-0.25, -0.2) is 0 Å². The van der Waals surface area contributed by atoms with Crippen LogP contribution in [0.4, 0.5) is 11.4 Å². The normalized spacial score (nSPS) is 13.1. The SMILES string of the molecule is CN(c1ccc(Cl)cc1)C(N)C(O)CC(=O)c1ccccc1[N+](=O)[O-]. The zero-order chi connectivity index (χ0) is 18.6. The summed E-state index contributed by atoms with van der Waals surface area (Å²) in [6.07, 6.45) is -2.40. The lowest BCUT2D eigenvalue weighted by molar-refractivity contribution is -0.385. The number of nitrogens with zero attached hydrogens (tertiary/aromatic N) is 2. The van der Waals surface area contributed by atoms with Gasteiger partial charge in [-0.2, -0.15) is 0 Å². The van der Waals surface area contributed by atoms with Crippen molar-refractivity contribution < 1.29 is 14.8 Å². The van der Waals surface area contributed by atoms with Crippen molar-refractivity contribution in [3.05, 3.63) is 69.2 Å². The van der Waals surface area contributed by atoms with E-state index in [1.165, 1.54) is 24.3 Å². The molecule has 0 aliphatic heterocycles. The fourth-order valence-corrected chi connectivity index (χ4v) is 2.52. The number of hydrogen-bond acceptors (Lipinski definition) is 6. The van der Waals surface area contributed by atoms with Crippen LogP contribution < -0.4 is 10.6 Å². The molecule has 0 saturated carbocycles. The van der Waals surface area contributed by atoms with Crippen molar-refractivity contribution in [3.8, 4) is 0 Å². The first-order valence-corrected chi connectivity index (χ1v) is 7.87. The molecule has 8 heteroatoms. The van der Waals surface area contributed by atoms with Crippen molar-refractivity contribution in [2.45, 2.75) is 18.7 Å². The first kappa shape index (κ1) is 18.9. The van der Waals surface area contributed by atoms with E-state index in [0.29, 0.717) is 10.7 Å². The van der Waals surface area contributed by atoms with Gasteiger partial charge < -0.3 is 15.7 Å². The lowest BCUT2D eigenvalue weighted by Crippen LogP contribution is -2.49. The molecule has 132 valence electrons. The Morgan fingerprint density at radius 1 is 1.28 bits per heavy atom. The van der Waals surface area contributed by atoms with Gasteiger partial charge in [0, 0.05) is 30.2 Å². The molecule has 0 heterocycles. The third kappa shape index (κ3) is 4.54. The summed E-state index contributed by atoms with van der Waals surface area (Å²) in [5.74, 6) is -0.542. The summed E-state index contributed by atoms with van der Waals surface area (Å²) < 4.78 is 0. The summed E-state index contributed by atoms with van der Waals surface area (Å²) >= 11 is 5.84. The average molecular weight is 364 g/mol. The van der Waals surface area contributed by atoms with Crippen molar-refractivity contribution in [2.24, 2.45) is 5.73 Å². The van der Waals surface area contributed by atoms with E-state index in [1.54, 1.807) is 36.2 Å². The van der Waals surface area contributed by atoms with E-state index >= 15 is 0 Å². The molecule has 3 N–H and O–H groups in total. The number of ketones is 1. The fraction of sp³-hybridized carbons (Fsp3) is 0.235. The highest BCUT2D eigenvalue weighted by Crippen LogP contribution is 2.22. The molecule has 0 amide bonds. The van der Waals surface area contributed by atoms with Crippen LogP contribution in [0, 0.1) is 10.1 Å². The Bertz CT molecular complexity index is 767. The molecule has 2 aromatic carbocycles. The van der Waals surface area contributed by atoms with Crippen LogP contribution in [0.5, 0.6) is 0 Å². The number of nitro groups is 1. The zero-order valence-electron chi connectivity index (χ0n) is 13.5. The van der Waals surface area contributed by atoms with Gasteiger partial charge in [-0.15, -0.1) is 0 Å². The molecular weight excluding hydrogens is 346 g/mol. The standard InChI is InChI=1S/C17H18ClN3O4/c1-20(12-8-6-11(18)7-9-12)17(19)16(23)10-15(22)13-4-2-3-5-14(13)21(24)25/h2-9,16-17,23H,10,19H2,1H3. The van der Waals surface area contributed by atoms with Gasteiger partial charge in [0.2, 0.25) is 0 Å². The van der Waals surface area contributed by atoms with Crippen molar-refractivity contribution in [1.29, 1.82) is 0 Å². The predicted molar refractivity (Wildman–Crippen MR) is 95.9 cm³/mol. The van der Waals surface area contributed by atoms with Gasteiger partial charge in [0.1, 0.15) is 6.17 Å². The maximum Gasteiger partial charge on any atom is 0.280 e. The molecular formula is C17H18ClN3O4. The minimum absolute atomic E-state index is 0.0482. The molecule has 2 unspecified atom stereocenters. The smallest absolute Gasteiger partial charge is 0.280 e. The van der Waals surface area contributed by atoms with Crippen LogP contribution in [-0.2, 0) is 0 Å². The van der Waals surface area contributed by atoms with Crippen LogP contribution in [-0.4, -0.2) is 35.1 Å². The van der Waals surface area contributed by atoms with Crippen LogP contribution in [0.3, 0.4) is 0 Å². The van der Waals surface area contributed by atoms with Crippen LogP contribution in [0.1, 0.15) is 16.8 Å². The number of Topliss-reactive ketones (excluding diaryl/α,β-unsaturated/α-hetero) is 1. The Kier molecular flexibility index (Phi) is 6.08. The number of aliphatic hydroxyl groups is 1. The van der Waals surface area contributed by atoms with Crippen molar-refractivity contribution in [3.63, 3.8) is 0 Å². The number of carbonyl (C=O) groups is 1. The first-order chi connectivity index (χ1) is 11.8. The number of aliphatic hydroxyl groups excluding tert-OH is 1. The Hall–Kier alpha value is -2.48. The van der Waals surface area contributed by atoms with Crippen molar-refractivity contribution in [1.82, 2.24) is 0 Å². The molecule has 2 rings (SSSR count). The van der Waals surface area contributed by atoms with Crippen LogP contribution >= 0.6 is 11.6 Å². The van der Waals surface area contributed by atoms with E-state index in [1.807, 2.05) is 0 Å². The molecule has 0 bridgehead atoms. The van der Waals surface area contributed by atoms with Crippen molar-refractivity contribution >= 4 is 28.8 Å². The summed E-state index contributed by atoms with van der Waals surface area (Å²) in [6, 6.07) is 12.5. The molecule has 0 saturated heterocycles.